The van der Waals surface area contributed by atoms with Gasteiger partial charge in [0.05, 0.1) is 23.6 Å². The number of fused-ring (bicyclic) bond motifs is 1. The van der Waals surface area contributed by atoms with Crippen LogP contribution in [0.25, 0.3) is 26.8 Å². The molecule has 3 heterocycles. The molecule has 2 aromatic carbocycles. The van der Waals surface area contributed by atoms with E-state index in [-0.39, 0.29) is 12.4 Å². The number of anilines is 1. The van der Waals surface area contributed by atoms with Gasteiger partial charge in [-0.15, -0.1) is 0 Å². The van der Waals surface area contributed by atoms with Gasteiger partial charge in [-0.2, -0.15) is 5.10 Å². The molecule has 38 heavy (non-hydrogen) atoms. The second-order valence-electron chi connectivity index (χ2n) is 9.61. The first-order valence-corrected chi connectivity index (χ1v) is 14.1. The van der Waals surface area contributed by atoms with Crippen molar-refractivity contribution in [2.45, 2.75) is 58.3 Å². The summed E-state index contributed by atoms with van der Waals surface area (Å²) < 4.78 is 13.4. The smallest absolute Gasteiger partial charge is 0.335 e. The van der Waals surface area contributed by atoms with Crippen LogP contribution in [0, 0.1) is 0 Å². The molecule has 9 heteroatoms. The van der Waals surface area contributed by atoms with Crippen LogP contribution in [0.15, 0.2) is 48.7 Å². The van der Waals surface area contributed by atoms with Crippen LogP contribution in [0.1, 0.15) is 55.5 Å². The van der Waals surface area contributed by atoms with Gasteiger partial charge in [-0.25, -0.2) is 14.3 Å². The highest BCUT2D eigenvalue weighted by atomic mass is 32.1. The number of carboxylic acid groups (broad SMARTS) is 1. The third-order valence-corrected chi connectivity index (χ3v) is 8.08. The van der Waals surface area contributed by atoms with Gasteiger partial charge < -0.3 is 19.5 Å². The highest BCUT2D eigenvalue weighted by Crippen LogP contribution is 2.31. The molecule has 0 spiro atoms. The molecule has 2 aromatic heterocycles. The summed E-state index contributed by atoms with van der Waals surface area (Å²) >= 11 is 1.54. The molecule has 1 N–H and O–H groups in total. The number of carbonyl (C=O) groups is 1. The summed E-state index contributed by atoms with van der Waals surface area (Å²) in [6.07, 6.45) is 6.68. The Balaban J connectivity index is 1.24. The molecule has 8 nitrogen and oxygen atoms in total. The van der Waals surface area contributed by atoms with Crippen LogP contribution >= 0.6 is 11.3 Å². The van der Waals surface area contributed by atoms with E-state index in [4.69, 9.17) is 19.6 Å². The molecule has 1 unspecified atom stereocenters. The SMILES string of the molecule is CCCC(OC)OC1CCN(c2ccc(-c3nn4cc(-c5ccc(C(=O)O)c(CC)c5)nc4s3)cc2)CC1. The van der Waals surface area contributed by atoms with Gasteiger partial charge in [0.15, 0.2) is 6.29 Å². The van der Waals surface area contributed by atoms with Gasteiger partial charge in [0, 0.05) is 37.0 Å². The zero-order valence-electron chi connectivity index (χ0n) is 22.1. The molecule has 4 aromatic rings. The van der Waals surface area contributed by atoms with Crippen molar-refractivity contribution in [1.82, 2.24) is 14.6 Å². The Hall–Kier alpha value is -3.27. The molecule has 1 fully saturated rings. The number of aromatic nitrogens is 3. The average Bonchev–Trinajstić information content (AvgIpc) is 3.53. The molecule has 1 atom stereocenters. The van der Waals surface area contributed by atoms with E-state index in [1.165, 1.54) is 5.69 Å². The molecule has 1 aliphatic heterocycles. The monoisotopic (exact) mass is 534 g/mol. The maximum Gasteiger partial charge on any atom is 0.335 e. The average molecular weight is 535 g/mol. The topological polar surface area (TPSA) is 89.2 Å². The lowest BCUT2D eigenvalue weighted by Gasteiger charge is -2.35. The van der Waals surface area contributed by atoms with E-state index in [2.05, 4.69) is 36.1 Å². The number of methoxy groups -OCH3 is 1. The van der Waals surface area contributed by atoms with Crippen LogP contribution in [-0.4, -0.2) is 58.3 Å². The highest BCUT2D eigenvalue weighted by Gasteiger charge is 2.23. The second-order valence-corrected chi connectivity index (χ2v) is 10.6. The van der Waals surface area contributed by atoms with Crippen LogP contribution in [0.2, 0.25) is 0 Å². The summed E-state index contributed by atoms with van der Waals surface area (Å²) in [7, 11) is 1.72. The van der Waals surface area contributed by atoms with Crippen LogP contribution in [0.5, 0.6) is 0 Å². The van der Waals surface area contributed by atoms with Crippen molar-refractivity contribution in [2.75, 3.05) is 25.1 Å². The molecule has 0 amide bonds. The number of nitrogens with zero attached hydrogens (tertiary/aromatic N) is 4. The van der Waals surface area contributed by atoms with E-state index in [1.54, 1.807) is 29.0 Å². The standard InChI is InChI=1S/C29H34N4O4S/c1-4-6-26(36-3)37-23-13-15-32(16-14-23)22-10-7-20(8-11-22)27-31-33-18-25(30-29(33)38-27)21-9-12-24(28(34)35)19(5-2)17-21/h7-12,17-18,23,26H,4-6,13-16H2,1-3H3,(H,34,35). The maximum absolute atomic E-state index is 11.4. The highest BCUT2D eigenvalue weighted by molar-refractivity contribution is 7.19. The molecule has 1 saturated heterocycles. The maximum atomic E-state index is 11.4. The molecular weight excluding hydrogens is 500 g/mol. The van der Waals surface area contributed by atoms with E-state index >= 15 is 0 Å². The summed E-state index contributed by atoms with van der Waals surface area (Å²) in [5, 5.41) is 15.1. The van der Waals surface area contributed by atoms with Gasteiger partial charge in [-0.1, -0.05) is 37.7 Å². The summed E-state index contributed by atoms with van der Waals surface area (Å²) in [6.45, 7) is 6.04. The number of imidazole rings is 1. The van der Waals surface area contributed by atoms with Crippen molar-refractivity contribution in [2.24, 2.45) is 0 Å². The lowest BCUT2D eigenvalue weighted by Crippen LogP contribution is -2.38. The van der Waals surface area contributed by atoms with Crippen LogP contribution in [-0.2, 0) is 15.9 Å². The molecule has 1 aliphatic rings. The fraction of sp³-hybridized carbons (Fsp3) is 0.414. The lowest BCUT2D eigenvalue weighted by molar-refractivity contribution is -0.162. The number of ether oxygens (including phenoxy) is 2. The van der Waals surface area contributed by atoms with Crippen LogP contribution in [0.4, 0.5) is 5.69 Å². The third kappa shape index (κ3) is 5.60. The third-order valence-electron chi connectivity index (χ3n) is 7.11. The molecule has 200 valence electrons. The van der Waals surface area contributed by atoms with Crippen molar-refractivity contribution in [3.63, 3.8) is 0 Å². The fourth-order valence-electron chi connectivity index (χ4n) is 4.97. The van der Waals surface area contributed by atoms with E-state index in [0.717, 1.165) is 71.1 Å². The Kier molecular flexibility index (Phi) is 8.06. The van der Waals surface area contributed by atoms with Gasteiger partial charge in [-0.05, 0) is 67.6 Å². The number of hydrogen-bond acceptors (Lipinski definition) is 7. The zero-order chi connectivity index (χ0) is 26.6. The molecule has 0 radical (unpaired) electrons. The first-order valence-electron chi connectivity index (χ1n) is 13.3. The van der Waals surface area contributed by atoms with Crippen LogP contribution in [0.3, 0.4) is 0 Å². The number of aromatic carboxylic acids is 1. The Morgan fingerprint density at radius 3 is 2.50 bits per heavy atom. The van der Waals surface area contributed by atoms with Gasteiger partial charge in [0.25, 0.3) is 0 Å². The first kappa shape index (κ1) is 26.3. The van der Waals surface area contributed by atoms with Gasteiger partial charge in [0.1, 0.15) is 5.01 Å². The predicted molar refractivity (Wildman–Crippen MR) is 150 cm³/mol. The Bertz CT molecular complexity index is 1360. The summed E-state index contributed by atoms with van der Waals surface area (Å²) in [5.41, 5.74) is 5.09. The van der Waals surface area contributed by atoms with E-state index in [9.17, 15) is 9.90 Å². The molecule has 0 saturated carbocycles. The van der Waals surface area contributed by atoms with Gasteiger partial charge >= 0.3 is 5.97 Å². The molecule has 0 bridgehead atoms. The fourth-order valence-corrected chi connectivity index (χ4v) is 5.85. The Morgan fingerprint density at radius 1 is 1.13 bits per heavy atom. The van der Waals surface area contributed by atoms with Crippen molar-refractivity contribution in [3.05, 3.63) is 59.8 Å². The summed E-state index contributed by atoms with van der Waals surface area (Å²) in [5.74, 6) is -0.905. The number of aryl methyl sites for hydroxylation is 1. The van der Waals surface area contributed by atoms with E-state index in [1.807, 2.05) is 25.3 Å². The predicted octanol–water partition coefficient (Wildman–Crippen LogP) is 6.14. The number of benzene rings is 2. The van der Waals surface area contributed by atoms with Crippen LogP contribution < -0.4 is 4.90 Å². The number of carboxylic acids is 1. The van der Waals surface area contributed by atoms with E-state index in [0.29, 0.717) is 12.0 Å². The summed E-state index contributed by atoms with van der Waals surface area (Å²) in [6, 6.07) is 13.9. The number of piperidine rings is 1. The summed E-state index contributed by atoms with van der Waals surface area (Å²) in [4.78, 5) is 19.4. The van der Waals surface area contributed by atoms with Crippen molar-refractivity contribution in [1.29, 1.82) is 0 Å². The zero-order valence-corrected chi connectivity index (χ0v) is 22.9. The Labute approximate surface area is 226 Å². The number of rotatable bonds is 10. The second kappa shape index (κ2) is 11.6. The molecule has 0 aliphatic carbocycles. The normalized spacial score (nSPS) is 15.3. The quantitative estimate of drug-likeness (QED) is 0.244. The lowest BCUT2D eigenvalue weighted by atomic mass is 10.0. The van der Waals surface area contributed by atoms with Crippen molar-refractivity contribution < 1.29 is 19.4 Å². The largest absolute Gasteiger partial charge is 0.478 e. The first-order chi connectivity index (χ1) is 18.5. The minimum atomic E-state index is -0.905. The van der Waals surface area contributed by atoms with Gasteiger partial charge in [-0.3, -0.25) is 0 Å². The minimum absolute atomic E-state index is 0.0995. The molecule has 5 rings (SSSR count). The van der Waals surface area contributed by atoms with Crippen molar-refractivity contribution in [3.8, 4) is 21.8 Å². The minimum Gasteiger partial charge on any atom is -0.478 e. The Morgan fingerprint density at radius 2 is 1.87 bits per heavy atom. The number of hydrogen-bond donors (Lipinski definition) is 1. The van der Waals surface area contributed by atoms with Gasteiger partial charge in [0.2, 0.25) is 4.96 Å². The van der Waals surface area contributed by atoms with E-state index < -0.39 is 5.97 Å². The van der Waals surface area contributed by atoms with Crippen molar-refractivity contribution >= 4 is 28.0 Å². The molecular formula is C29H34N4O4S.